The molecule has 1 aliphatic rings. The highest BCUT2D eigenvalue weighted by atomic mass is 15.2. The number of rotatable bonds is 2. The molecule has 3 rings (SSSR count). The molecule has 3 heterocycles. The lowest BCUT2D eigenvalue weighted by atomic mass is 10.2. The van der Waals surface area contributed by atoms with Crippen molar-refractivity contribution < 1.29 is 0 Å². The molecule has 2 aromatic rings. The number of hydrogen-bond donors (Lipinski definition) is 0. The van der Waals surface area contributed by atoms with Gasteiger partial charge in [0.25, 0.3) is 0 Å². The minimum absolute atomic E-state index is 0.114. The highest BCUT2D eigenvalue weighted by molar-refractivity contribution is 5.55. The van der Waals surface area contributed by atoms with E-state index in [0.29, 0.717) is 5.56 Å². The van der Waals surface area contributed by atoms with Gasteiger partial charge in [-0.3, -0.25) is 0 Å². The zero-order valence-corrected chi connectivity index (χ0v) is 10.4. The lowest BCUT2D eigenvalue weighted by molar-refractivity contribution is 0.659. The third-order valence-corrected chi connectivity index (χ3v) is 3.32. The van der Waals surface area contributed by atoms with E-state index in [2.05, 4.69) is 25.9 Å². The molecule has 0 aliphatic carbocycles. The van der Waals surface area contributed by atoms with Crippen molar-refractivity contribution in [3.8, 4) is 6.07 Å². The SMILES string of the molecule is N#Cc1cccnc1N1CCCC1c1ncccn1. The van der Waals surface area contributed by atoms with Crippen LogP contribution < -0.4 is 4.90 Å². The van der Waals surface area contributed by atoms with Gasteiger partial charge in [0, 0.05) is 25.1 Å². The highest BCUT2D eigenvalue weighted by Gasteiger charge is 2.30. The predicted octanol–water partition coefficient (Wildman–Crippen LogP) is 2.08. The Hall–Kier alpha value is -2.48. The van der Waals surface area contributed by atoms with Gasteiger partial charge in [0.2, 0.25) is 0 Å². The molecule has 0 aromatic carbocycles. The molecule has 1 aliphatic heterocycles. The van der Waals surface area contributed by atoms with Crippen LogP contribution in [-0.2, 0) is 0 Å². The number of nitrogens with zero attached hydrogens (tertiary/aromatic N) is 5. The quantitative estimate of drug-likeness (QED) is 0.817. The molecule has 19 heavy (non-hydrogen) atoms. The fourth-order valence-electron chi connectivity index (χ4n) is 2.48. The topological polar surface area (TPSA) is 65.7 Å². The second-order valence-corrected chi connectivity index (χ2v) is 4.44. The summed E-state index contributed by atoms with van der Waals surface area (Å²) in [5.74, 6) is 1.54. The first-order chi connectivity index (χ1) is 9.40. The van der Waals surface area contributed by atoms with Gasteiger partial charge in [-0.1, -0.05) is 0 Å². The average Bonchev–Trinajstić information content (AvgIpc) is 2.97. The van der Waals surface area contributed by atoms with Crippen molar-refractivity contribution in [2.45, 2.75) is 18.9 Å². The molecule has 1 atom stereocenters. The van der Waals surface area contributed by atoms with E-state index >= 15 is 0 Å². The number of pyridine rings is 1. The number of anilines is 1. The lowest BCUT2D eigenvalue weighted by Gasteiger charge is -2.25. The van der Waals surface area contributed by atoms with Crippen molar-refractivity contribution in [3.63, 3.8) is 0 Å². The largest absolute Gasteiger partial charge is 0.345 e. The molecule has 0 bridgehead atoms. The number of nitriles is 1. The molecule has 5 nitrogen and oxygen atoms in total. The summed E-state index contributed by atoms with van der Waals surface area (Å²) in [5.41, 5.74) is 0.602. The van der Waals surface area contributed by atoms with Crippen LogP contribution in [-0.4, -0.2) is 21.5 Å². The Labute approximate surface area is 111 Å². The molecule has 0 spiro atoms. The second-order valence-electron chi connectivity index (χ2n) is 4.44. The number of hydrogen-bond acceptors (Lipinski definition) is 5. The van der Waals surface area contributed by atoms with Crippen molar-refractivity contribution in [3.05, 3.63) is 48.2 Å². The summed E-state index contributed by atoms with van der Waals surface area (Å²) >= 11 is 0. The Morgan fingerprint density at radius 2 is 1.95 bits per heavy atom. The summed E-state index contributed by atoms with van der Waals surface area (Å²) < 4.78 is 0. The molecule has 0 saturated carbocycles. The van der Waals surface area contributed by atoms with Gasteiger partial charge < -0.3 is 4.90 Å². The summed E-state index contributed by atoms with van der Waals surface area (Å²) in [4.78, 5) is 15.1. The first-order valence-electron chi connectivity index (χ1n) is 6.29. The summed E-state index contributed by atoms with van der Waals surface area (Å²) in [6.45, 7) is 0.884. The summed E-state index contributed by atoms with van der Waals surface area (Å²) in [6, 6.07) is 7.70. The van der Waals surface area contributed by atoms with E-state index in [9.17, 15) is 5.26 Å². The van der Waals surface area contributed by atoms with Crippen molar-refractivity contribution in [1.29, 1.82) is 5.26 Å². The van der Waals surface area contributed by atoms with Gasteiger partial charge in [-0.05, 0) is 31.0 Å². The van der Waals surface area contributed by atoms with Crippen molar-refractivity contribution >= 4 is 5.82 Å². The molecule has 0 amide bonds. The molecular weight excluding hydrogens is 238 g/mol. The molecular formula is C14H13N5. The highest BCUT2D eigenvalue weighted by Crippen LogP contribution is 2.34. The fraction of sp³-hybridized carbons (Fsp3) is 0.286. The van der Waals surface area contributed by atoms with E-state index in [1.54, 1.807) is 30.7 Å². The van der Waals surface area contributed by atoms with Gasteiger partial charge in [-0.15, -0.1) is 0 Å². The van der Waals surface area contributed by atoms with Gasteiger partial charge in [0.1, 0.15) is 11.9 Å². The molecule has 1 saturated heterocycles. The monoisotopic (exact) mass is 251 g/mol. The molecule has 0 N–H and O–H groups in total. The van der Waals surface area contributed by atoms with Crippen LogP contribution in [0, 0.1) is 11.3 Å². The first-order valence-corrected chi connectivity index (χ1v) is 6.29. The maximum Gasteiger partial charge on any atom is 0.150 e. The van der Waals surface area contributed by atoms with Gasteiger partial charge in [-0.25, -0.2) is 15.0 Å². The smallest absolute Gasteiger partial charge is 0.150 e. The fourth-order valence-corrected chi connectivity index (χ4v) is 2.48. The molecule has 1 unspecified atom stereocenters. The maximum absolute atomic E-state index is 9.19. The second kappa shape index (κ2) is 5.02. The van der Waals surface area contributed by atoms with Gasteiger partial charge in [0.15, 0.2) is 5.82 Å². The Bertz CT molecular complexity index is 605. The molecule has 2 aromatic heterocycles. The van der Waals surface area contributed by atoms with Crippen LogP contribution in [0.3, 0.4) is 0 Å². The summed E-state index contributed by atoms with van der Waals surface area (Å²) in [7, 11) is 0. The van der Waals surface area contributed by atoms with Gasteiger partial charge >= 0.3 is 0 Å². The Kier molecular flexibility index (Phi) is 3.07. The van der Waals surface area contributed by atoms with Crippen LogP contribution in [0.4, 0.5) is 5.82 Å². The van der Waals surface area contributed by atoms with Gasteiger partial charge in [-0.2, -0.15) is 5.26 Å². The van der Waals surface area contributed by atoms with E-state index in [4.69, 9.17) is 0 Å². The van der Waals surface area contributed by atoms with Crippen molar-refractivity contribution in [1.82, 2.24) is 15.0 Å². The van der Waals surface area contributed by atoms with E-state index in [1.807, 2.05) is 6.07 Å². The zero-order valence-electron chi connectivity index (χ0n) is 10.4. The van der Waals surface area contributed by atoms with Crippen molar-refractivity contribution in [2.24, 2.45) is 0 Å². The average molecular weight is 251 g/mol. The number of aromatic nitrogens is 3. The van der Waals surface area contributed by atoms with Crippen LogP contribution >= 0.6 is 0 Å². The third kappa shape index (κ3) is 2.13. The Morgan fingerprint density at radius 1 is 1.16 bits per heavy atom. The van der Waals surface area contributed by atoms with Crippen LogP contribution in [0.5, 0.6) is 0 Å². The summed E-state index contributed by atoms with van der Waals surface area (Å²) in [5, 5.41) is 9.19. The predicted molar refractivity (Wildman–Crippen MR) is 70.3 cm³/mol. The first kappa shape index (κ1) is 11.6. The van der Waals surface area contributed by atoms with Crippen molar-refractivity contribution in [2.75, 3.05) is 11.4 Å². The van der Waals surface area contributed by atoms with Gasteiger partial charge in [0.05, 0.1) is 11.6 Å². The van der Waals surface area contributed by atoms with Crippen LogP contribution in [0.2, 0.25) is 0 Å². The maximum atomic E-state index is 9.19. The van der Waals surface area contributed by atoms with Crippen LogP contribution in [0.25, 0.3) is 0 Å². The standard InChI is InChI=1S/C14H13N5/c15-10-11-4-1-6-18-14(11)19-9-2-5-12(19)13-16-7-3-8-17-13/h1,3-4,6-8,12H,2,5,9H2. The van der Waals surface area contributed by atoms with E-state index in [-0.39, 0.29) is 6.04 Å². The third-order valence-electron chi connectivity index (χ3n) is 3.32. The lowest BCUT2D eigenvalue weighted by Crippen LogP contribution is -2.25. The minimum Gasteiger partial charge on any atom is -0.345 e. The Balaban J connectivity index is 1.98. The van der Waals surface area contributed by atoms with Crippen LogP contribution in [0.1, 0.15) is 30.3 Å². The summed E-state index contributed by atoms with van der Waals surface area (Å²) in [6.07, 6.45) is 7.28. The molecule has 0 radical (unpaired) electrons. The molecule has 94 valence electrons. The molecule has 5 heteroatoms. The minimum atomic E-state index is 0.114. The van der Waals surface area contributed by atoms with Crippen LogP contribution in [0.15, 0.2) is 36.8 Å². The normalized spacial score (nSPS) is 18.3. The zero-order chi connectivity index (χ0) is 13.1. The van der Waals surface area contributed by atoms with E-state index in [0.717, 1.165) is 31.0 Å². The molecule has 1 fully saturated rings. The Morgan fingerprint density at radius 3 is 2.74 bits per heavy atom. The van der Waals surface area contributed by atoms with E-state index in [1.165, 1.54) is 0 Å². The van der Waals surface area contributed by atoms with E-state index < -0.39 is 0 Å².